The lowest BCUT2D eigenvalue weighted by molar-refractivity contribution is -0.117. The molecule has 0 aliphatic heterocycles. The molecule has 1 amide bonds. The summed E-state index contributed by atoms with van der Waals surface area (Å²) in [6, 6.07) is 8.71. The summed E-state index contributed by atoms with van der Waals surface area (Å²) in [6.45, 7) is 0.217. The number of pyridine rings is 1. The second kappa shape index (κ2) is 8.14. The van der Waals surface area contributed by atoms with Gasteiger partial charge in [0.05, 0.1) is 20.4 Å². The molecule has 2 aromatic heterocycles. The van der Waals surface area contributed by atoms with E-state index >= 15 is 0 Å². The summed E-state index contributed by atoms with van der Waals surface area (Å²) >= 11 is 0. The minimum absolute atomic E-state index is 0.00170. The van der Waals surface area contributed by atoms with Gasteiger partial charge in [-0.25, -0.2) is 4.98 Å². The maximum atomic E-state index is 12.4. The summed E-state index contributed by atoms with van der Waals surface area (Å²) in [5, 5.41) is 22.3. The maximum Gasteiger partial charge on any atom is 0.262 e. The Morgan fingerprint density at radius 1 is 1.32 bits per heavy atom. The number of methoxy groups -OCH3 is 2. The molecule has 0 aliphatic carbocycles. The van der Waals surface area contributed by atoms with Crippen molar-refractivity contribution in [2.75, 3.05) is 14.2 Å². The van der Waals surface area contributed by atoms with Crippen LogP contribution in [0.1, 0.15) is 11.1 Å². The van der Waals surface area contributed by atoms with Crippen LogP contribution in [0, 0.1) is 11.3 Å². The van der Waals surface area contributed by atoms with Gasteiger partial charge in [-0.1, -0.05) is 6.07 Å². The number of carbonyl (C=O) groups is 1. The van der Waals surface area contributed by atoms with Crippen molar-refractivity contribution in [2.45, 2.75) is 6.54 Å². The van der Waals surface area contributed by atoms with Gasteiger partial charge in [0.1, 0.15) is 23.0 Å². The first-order valence-corrected chi connectivity index (χ1v) is 8.32. The molecular formula is C20H18N4O4. The summed E-state index contributed by atoms with van der Waals surface area (Å²) in [7, 11) is 3.08. The molecule has 3 N–H and O–H groups in total. The third-order valence-electron chi connectivity index (χ3n) is 4.11. The monoisotopic (exact) mass is 378 g/mol. The molecule has 8 heteroatoms. The fraction of sp³-hybridized carbons (Fsp3) is 0.150. The fourth-order valence-corrected chi connectivity index (χ4v) is 2.70. The van der Waals surface area contributed by atoms with Gasteiger partial charge in [0.15, 0.2) is 11.5 Å². The molecule has 1 aromatic carbocycles. The molecule has 0 spiro atoms. The summed E-state index contributed by atoms with van der Waals surface area (Å²) in [5.41, 5.74) is 1.86. The number of rotatable bonds is 6. The van der Waals surface area contributed by atoms with Crippen molar-refractivity contribution in [3.8, 4) is 23.3 Å². The molecule has 142 valence electrons. The number of aromatic hydroxyl groups is 1. The Morgan fingerprint density at radius 3 is 2.82 bits per heavy atom. The van der Waals surface area contributed by atoms with Gasteiger partial charge in [0, 0.05) is 23.7 Å². The van der Waals surface area contributed by atoms with E-state index in [-0.39, 0.29) is 17.9 Å². The molecule has 3 rings (SSSR count). The standard InChI is InChI=1S/C20H18N4O4/c1-27-17-4-3-12(5-18(17)28-2)9-24-20(26)13(8-21)6-14-10-22-19-16(14)7-15(25)11-23-19/h3-7,10-11,25H,9H2,1-2H3,(H,22,23)(H,24,26)/b13-6+. The number of amides is 1. The van der Waals surface area contributed by atoms with Gasteiger partial charge in [-0.05, 0) is 29.8 Å². The van der Waals surface area contributed by atoms with Crippen LogP contribution in [0.15, 0.2) is 42.2 Å². The van der Waals surface area contributed by atoms with Gasteiger partial charge < -0.3 is 24.9 Å². The number of nitriles is 1. The van der Waals surface area contributed by atoms with Gasteiger partial charge in [-0.15, -0.1) is 0 Å². The zero-order valence-corrected chi connectivity index (χ0v) is 15.3. The molecular weight excluding hydrogens is 360 g/mol. The van der Waals surface area contributed by atoms with E-state index in [1.54, 1.807) is 31.5 Å². The van der Waals surface area contributed by atoms with Crippen LogP contribution >= 0.6 is 0 Å². The number of carbonyl (C=O) groups excluding carboxylic acids is 1. The van der Waals surface area contributed by atoms with Crippen molar-refractivity contribution in [1.29, 1.82) is 5.26 Å². The Bertz CT molecular complexity index is 1100. The Hall–Kier alpha value is -3.99. The highest BCUT2D eigenvalue weighted by Gasteiger charge is 2.12. The first kappa shape index (κ1) is 18.8. The molecule has 0 radical (unpaired) electrons. The SMILES string of the molecule is COc1ccc(CNC(=O)/C(C#N)=C/c2c[nH]c3ncc(O)cc23)cc1OC. The molecule has 0 saturated carbocycles. The quantitative estimate of drug-likeness (QED) is 0.448. The van der Waals surface area contributed by atoms with E-state index in [0.717, 1.165) is 5.56 Å². The zero-order chi connectivity index (χ0) is 20.1. The van der Waals surface area contributed by atoms with E-state index in [1.807, 2.05) is 6.07 Å². The van der Waals surface area contributed by atoms with Crippen LogP contribution in [0.3, 0.4) is 0 Å². The van der Waals surface area contributed by atoms with Gasteiger partial charge in [0.25, 0.3) is 5.91 Å². The predicted octanol–water partition coefficient (Wildman–Crippen LogP) is 2.51. The van der Waals surface area contributed by atoms with Crippen LogP contribution in [-0.2, 0) is 11.3 Å². The predicted molar refractivity (Wildman–Crippen MR) is 103 cm³/mol. The van der Waals surface area contributed by atoms with E-state index < -0.39 is 5.91 Å². The number of benzene rings is 1. The fourth-order valence-electron chi connectivity index (χ4n) is 2.70. The minimum Gasteiger partial charge on any atom is -0.506 e. The summed E-state index contributed by atoms with van der Waals surface area (Å²) in [4.78, 5) is 19.4. The number of ether oxygens (including phenoxy) is 2. The van der Waals surface area contributed by atoms with Gasteiger partial charge in [-0.2, -0.15) is 5.26 Å². The smallest absolute Gasteiger partial charge is 0.262 e. The number of nitrogens with one attached hydrogen (secondary N) is 2. The van der Waals surface area contributed by atoms with Crippen LogP contribution < -0.4 is 14.8 Å². The average molecular weight is 378 g/mol. The van der Waals surface area contributed by atoms with Crippen LogP contribution in [-0.4, -0.2) is 35.2 Å². The highest BCUT2D eigenvalue weighted by atomic mass is 16.5. The molecule has 0 saturated heterocycles. The third-order valence-corrected chi connectivity index (χ3v) is 4.11. The maximum absolute atomic E-state index is 12.4. The summed E-state index contributed by atoms with van der Waals surface area (Å²) in [5.74, 6) is 0.626. The highest BCUT2D eigenvalue weighted by molar-refractivity contribution is 6.03. The molecule has 3 aromatic rings. The van der Waals surface area contributed by atoms with Crippen molar-refractivity contribution in [2.24, 2.45) is 0 Å². The van der Waals surface area contributed by atoms with E-state index in [2.05, 4.69) is 15.3 Å². The molecule has 0 fully saturated rings. The van der Waals surface area contributed by atoms with Crippen molar-refractivity contribution < 1.29 is 19.4 Å². The molecule has 0 unspecified atom stereocenters. The van der Waals surface area contributed by atoms with Crippen molar-refractivity contribution in [1.82, 2.24) is 15.3 Å². The van der Waals surface area contributed by atoms with Gasteiger partial charge >= 0.3 is 0 Å². The number of nitrogens with zero attached hydrogens (tertiary/aromatic N) is 2. The lowest BCUT2D eigenvalue weighted by atomic mass is 10.1. The topological polar surface area (TPSA) is 120 Å². The van der Waals surface area contributed by atoms with Crippen molar-refractivity contribution in [3.63, 3.8) is 0 Å². The molecule has 0 bridgehead atoms. The van der Waals surface area contributed by atoms with Crippen LogP contribution in [0.25, 0.3) is 17.1 Å². The Labute approximate surface area is 161 Å². The number of H-pyrrole nitrogens is 1. The lowest BCUT2D eigenvalue weighted by Gasteiger charge is -2.10. The van der Waals surface area contributed by atoms with Gasteiger partial charge in [-0.3, -0.25) is 4.79 Å². The van der Waals surface area contributed by atoms with Crippen molar-refractivity contribution in [3.05, 3.63) is 53.4 Å². The van der Waals surface area contributed by atoms with Crippen LogP contribution in [0.4, 0.5) is 0 Å². The number of aromatic amines is 1. The summed E-state index contributed by atoms with van der Waals surface area (Å²) < 4.78 is 10.4. The van der Waals surface area contributed by atoms with E-state index in [0.29, 0.717) is 28.1 Å². The van der Waals surface area contributed by atoms with E-state index in [1.165, 1.54) is 25.4 Å². The summed E-state index contributed by atoms with van der Waals surface area (Å²) in [6.07, 6.45) is 4.38. The van der Waals surface area contributed by atoms with Crippen molar-refractivity contribution >= 4 is 23.0 Å². The molecule has 28 heavy (non-hydrogen) atoms. The Balaban J connectivity index is 1.77. The second-order valence-corrected chi connectivity index (χ2v) is 5.88. The van der Waals surface area contributed by atoms with Gasteiger partial charge in [0.2, 0.25) is 0 Å². The number of fused-ring (bicyclic) bond motifs is 1. The second-order valence-electron chi connectivity index (χ2n) is 5.88. The first-order valence-electron chi connectivity index (χ1n) is 8.32. The third kappa shape index (κ3) is 3.88. The van der Waals surface area contributed by atoms with E-state index in [9.17, 15) is 15.2 Å². The Kier molecular flexibility index (Phi) is 5.46. The average Bonchev–Trinajstić information content (AvgIpc) is 3.11. The minimum atomic E-state index is -0.514. The lowest BCUT2D eigenvalue weighted by Crippen LogP contribution is -2.24. The molecule has 8 nitrogen and oxygen atoms in total. The normalized spacial score (nSPS) is 11.1. The highest BCUT2D eigenvalue weighted by Crippen LogP contribution is 2.27. The zero-order valence-electron chi connectivity index (χ0n) is 15.3. The van der Waals surface area contributed by atoms with Crippen LogP contribution in [0.5, 0.6) is 17.2 Å². The largest absolute Gasteiger partial charge is 0.506 e. The van der Waals surface area contributed by atoms with E-state index in [4.69, 9.17) is 9.47 Å². The Morgan fingerprint density at radius 2 is 2.11 bits per heavy atom. The number of hydrogen-bond acceptors (Lipinski definition) is 6. The van der Waals surface area contributed by atoms with Crippen LogP contribution in [0.2, 0.25) is 0 Å². The number of aromatic nitrogens is 2. The molecule has 2 heterocycles. The molecule has 0 atom stereocenters. The first-order chi connectivity index (χ1) is 13.5. The number of hydrogen-bond donors (Lipinski definition) is 3. The molecule has 0 aliphatic rings.